The Kier molecular flexibility index (Phi) is 5.32. The minimum absolute atomic E-state index is 0.0234. The second-order valence-electron chi connectivity index (χ2n) is 7.85. The van der Waals surface area contributed by atoms with Gasteiger partial charge >= 0.3 is 0 Å². The van der Waals surface area contributed by atoms with Crippen molar-refractivity contribution in [2.75, 3.05) is 0 Å². The van der Waals surface area contributed by atoms with Crippen molar-refractivity contribution in [3.63, 3.8) is 0 Å². The van der Waals surface area contributed by atoms with Gasteiger partial charge < -0.3 is 0 Å². The highest BCUT2D eigenvalue weighted by molar-refractivity contribution is 7.07. The summed E-state index contributed by atoms with van der Waals surface area (Å²) < 4.78 is 3.91. The minimum atomic E-state index is 0.0234. The van der Waals surface area contributed by atoms with Crippen LogP contribution in [0.4, 0.5) is 0 Å². The van der Waals surface area contributed by atoms with Crippen LogP contribution < -0.4 is 0 Å². The molecule has 0 saturated heterocycles. The van der Waals surface area contributed by atoms with Crippen molar-refractivity contribution in [1.82, 2.24) is 29.5 Å². The smallest absolute Gasteiger partial charge is 0.201 e. The molecule has 6 nitrogen and oxygen atoms in total. The second-order valence-corrected chi connectivity index (χ2v) is 8.57. The Morgan fingerprint density at radius 1 is 0.862 bits per heavy atom. The first-order chi connectivity index (χ1) is 13.9. The molecule has 0 spiro atoms. The Morgan fingerprint density at radius 3 is 2.17 bits per heavy atom. The van der Waals surface area contributed by atoms with E-state index in [0.29, 0.717) is 17.8 Å². The zero-order valence-corrected chi connectivity index (χ0v) is 18.3. The van der Waals surface area contributed by atoms with Crippen LogP contribution in [0.25, 0.3) is 23.0 Å². The number of nitrogens with zero attached hydrogens (tertiary/aromatic N) is 6. The van der Waals surface area contributed by atoms with Gasteiger partial charge in [-0.25, -0.2) is 14.6 Å². The van der Waals surface area contributed by atoms with Crippen molar-refractivity contribution in [2.45, 2.75) is 52.6 Å². The van der Waals surface area contributed by atoms with Crippen LogP contribution in [-0.2, 0) is 0 Å². The van der Waals surface area contributed by atoms with Crippen molar-refractivity contribution in [3.8, 4) is 23.0 Å². The van der Waals surface area contributed by atoms with Crippen molar-refractivity contribution >= 4 is 11.3 Å². The highest BCUT2D eigenvalue weighted by atomic mass is 32.1. The van der Waals surface area contributed by atoms with Gasteiger partial charge in [-0.2, -0.15) is 5.10 Å². The van der Waals surface area contributed by atoms with Gasteiger partial charge in [-0.1, -0.05) is 38.1 Å². The Morgan fingerprint density at radius 2 is 1.59 bits per heavy atom. The number of hydrogen-bond donors (Lipinski definition) is 0. The van der Waals surface area contributed by atoms with Crippen LogP contribution in [0.3, 0.4) is 0 Å². The van der Waals surface area contributed by atoms with Gasteiger partial charge in [0.15, 0.2) is 5.82 Å². The summed E-state index contributed by atoms with van der Waals surface area (Å²) in [6.45, 7) is 10.8. The lowest BCUT2D eigenvalue weighted by atomic mass is 9.99. The molecule has 4 aromatic rings. The highest BCUT2D eigenvalue weighted by Gasteiger charge is 2.21. The van der Waals surface area contributed by atoms with Crippen LogP contribution in [0.15, 0.2) is 47.4 Å². The predicted octanol–water partition coefficient (Wildman–Crippen LogP) is 5.58. The Balaban J connectivity index is 1.77. The molecule has 0 fully saturated rings. The number of thiazole rings is 1. The maximum atomic E-state index is 4.82. The summed E-state index contributed by atoms with van der Waals surface area (Å²) >= 11 is 1.54. The molecule has 0 N–H and O–H groups in total. The Hall–Kier alpha value is -2.80. The molecular weight excluding hydrogens is 380 g/mol. The quantitative estimate of drug-likeness (QED) is 0.419. The first kappa shape index (κ1) is 19.5. The lowest BCUT2D eigenvalue weighted by molar-refractivity contribution is 0.530. The van der Waals surface area contributed by atoms with E-state index in [-0.39, 0.29) is 6.04 Å². The van der Waals surface area contributed by atoms with Crippen LogP contribution in [0.5, 0.6) is 0 Å². The van der Waals surface area contributed by atoms with E-state index in [4.69, 9.17) is 15.2 Å². The van der Waals surface area contributed by atoms with E-state index in [1.807, 2.05) is 27.0 Å². The van der Waals surface area contributed by atoms with Gasteiger partial charge in [0, 0.05) is 17.6 Å². The van der Waals surface area contributed by atoms with Gasteiger partial charge in [0.05, 0.1) is 11.6 Å². The zero-order chi connectivity index (χ0) is 20.5. The fraction of sp³-hybridized carbons (Fsp3) is 0.364. The van der Waals surface area contributed by atoms with Crippen molar-refractivity contribution in [1.29, 1.82) is 0 Å². The Labute approximate surface area is 175 Å². The number of rotatable bonds is 6. The molecule has 1 atom stereocenters. The third kappa shape index (κ3) is 3.87. The molecule has 29 heavy (non-hydrogen) atoms. The van der Waals surface area contributed by atoms with Crippen molar-refractivity contribution in [2.24, 2.45) is 0 Å². The molecule has 150 valence electrons. The monoisotopic (exact) mass is 406 g/mol. The highest BCUT2D eigenvalue weighted by Crippen LogP contribution is 2.28. The van der Waals surface area contributed by atoms with Crippen LogP contribution >= 0.6 is 11.3 Å². The lowest BCUT2D eigenvalue weighted by Gasteiger charge is -2.15. The number of hydrogen-bond acceptors (Lipinski definition) is 5. The molecule has 0 radical (unpaired) electrons. The van der Waals surface area contributed by atoms with Crippen LogP contribution in [0.2, 0.25) is 0 Å². The summed E-state index contributed by atoms with van der Waals surface area (Å²) in [5.74, 6) is 1.90. The maximum absolute atomic E-state index is 4.82. The van der Waals surface area contributed by atoms with Crippen molar-refractivity contribution in [3.05, 3.63) is 58.5 Å². The van der Waals surface area contributed by atoms with Crippen molar-refractivity contribution < 1.29 is 0 Å². The van der Waals surface area contributed by atoms with Gasteiger partial charge in [0.2, 0.25) is 5.82 Å². The summed E-state index contributed by atoms with van der Waals surface area (Å²) in [4.78, 5) is 9.19. The topological polar surface area (TPSA) is 61.4 Å². The summed E-state index contributed by atoms with van der Waals surface area (Å²) in [5.41, 5.74) is 5.93. The minimum Gasteiger partial charge on any atom is -0.270 e. The first-order valence-electron chi connectivity index (χ1n) is 9.94. The maximum Gasteiger partial charge on any atom is 0.201 e. The van der Waals surface area contributed by atoms with E-state index in [0.717, 1.165) is 17.2 Å². The average Bonchev–Trinajstić information content (AvgIpc) is 3.46. The standard InChI is InChI=1S/C22H26N6S/c1-14(2)17-6-8-18(9-7-17)16(5)28-22(19-10-11-27(25-19)15(3)4)24-21(26-28)20-12-29-13-23-20/h6-16H,1-5H3. The molecule has 0 aliphatic heterocycles. The SMILES string of the molecule is CC(C)c1ccc(C(C)n2nc(-c3cscn3)nc2-c2ccn(C(C)C)n2)cc1. The molecule has 7 heteroatoms. The molecule has 1 unspecified atom stereocenters. The van der Waals surface area contributed by atoms with Crippen LogP contribution in [0, 0.1) is 0 Å². The molecule has 0 aliphatic rings. The summed E-state index contributed by atoms with van der Waals surface area (Å²) in [6.07, 6.45) is 1.99. The van der Waals surface area contributed by atoms with Gasteiger partial charge in [-0.3, -0.25) is 4.68 Å². The summed E-state index contributed by atoms with van der Waals surface area (Å²) in [6, 6.07) is 11.1. The number of aromatic nitrogens is 6. The molecule has 0 amide bonds. The van der Waals surface area contributed by atoms with Gasteiger partial charge in [0.1, 0.15) is 11.4 Å². The summed E-state index contributed by atoms with van der Waals surface area (Å²) in [7, 11) is 0. The fourth-order valence-electron chi connectivity index (χ4n) is 3.24. The first-order valence-corrected chi connectivity index (χ1v) is 10.9. The van der Waals surface area contributed by atoms with Gasteiger partial charge in [-0.05, 0) is 43.9 Å². The normalized spacial score (nSPS) is 12.8. The average molecular weight is 407 g/mol. The van der Waals surface area contributed by atoms with E-state index in [1.54, 1.807) is 16.8 Å². The third-order valence-corrected chi connectivity index (χ3v) is 5.70. The molecule has 0 bridgehead atoms. The van der Waals surface area contributed by atoms with E-state index in [2.05, 4.69) is 63.9 Å². The van der Waals surface area contributed by atoms with Gasteiger partial charge in [-0.15, -0.1) is 16.4 Å². The van der Waals surface area contributed by atoms with Gasteiger partial charge in [0.25, 0.3) is 0 Å². The largest absolute Gasteiger partial charge is 0.270 e. The molecule has 4 rings (SSSR count). The summed E-state index contributed by atoms with van der Waals surface area (Å²) in [5, 5.41) is 11.5. The molecule has 0 saturated carbocycles. The lowest BCUT2D eigenvalue weighted by Crippen LogP contribution is -2.11. The second kappa shape index (κ2) is 7.91. The molecular formula is C22H26N6S. The molecule has 0 aliphatic carbocycles. The molecule has 3 aromatic heterocycles. The third-order valence-electron chi connectivity index (χ3n) is 5.11. The van der Waals surface area contributed by atoms with E-state index in [1.165, 1.54) is 11.1 Å². The van der Waals surface area contributed by atoms with E-state index < -0.39 is 0 Å². The number of benzene rings is 1. The van der Waals surface area contributed by atoms with E-state index in [9.17, 15) is 0 Å². The molecule has 3 heterocycles. The molecule has 1 aromatic carbocycles. The van der Waals surface area contributed by atoms with E-state index >= 15 is 0 Å². The van der Waals surface area contributed by atoms with Crippen LogP contribution in [0.1, 0.15) is 63.7 Å². The fourth-order valence-corrected chi connectivity index (χ4v) is 3.78. The Bertz CT molecular complexity index is 1070. The van der Waals surface area contributed by atoms with Crippen LogP contribution in [-0.4, -0.2) is 29.5 Å². The predicted molar refractivity (Wildman–Crippen MR) is 117 cm³/mol. The zero-order valence-electron chi connectivity index (χ0n) is 17.4.